The van der Waals surface area contributed by atoms with Gasteiger partial charge in [0.15, 0.2) is 29.6 Å². The van der Waals surface area contributed by atoms with Gasteiger partial charge in [0.2, 0.25) is 6.79 Å². The van der Waals surface area contributed by atoms with Gasteiger partial charge < -0.3 is 19.5 Å². The van der Waals surface area contributed by atoms with E-state index in [0.717, 1.165) is 11.1 Å². The molecule has 4 heterocycles. The van der Waals surface area contributed by atoms with Crippen LogP contribution in [-0.4, -0.2) is 44.1 Å². The molecule has 0 spiro atoms. The number of pyridine rings is 1. The van der Waals surface area contributed by atoms with Crippen LogP contribution in [0.4, 0.5) is 5.69 Å². The minimum atomic E-state index is -0.291. The van der Waals surface area contributed by atoms with Gasteiger partial charge in [-0.05, 0) is 48.5 Å². The summed E-state index contributed by atoms with van der Waals surface area (Å²) < 4.78 is 17.9. The number of amides is 1. The van der Waals surface area contributed by atoms with Crippen molar-refractivity contribution in [3.05, 3.63) is 79.1 Å². The number of anilines is 1. The molecule has 5 aromatic rings. The third-order valence-corrected chi connectivity index (χ3v) is 5.34. The summed E-state index contributed by atoms with van der Waals surface area (Å²) in [6.45, 7) is 0.0306. The van der Waals surface area contributed by atoms with Gasteiger partial charge in [-0.25, -0.2) is 0 Å². The van der Waals surface area contributed by atoms with Crippen LogP contribution in [0.5, 0.6) is 17.2 Å². The van der Waals surface area contributed by atoms with Crippen LogP contribution in [0.15, 0.2) is 79.1 Å². The van der Waals surface area contributed by atoms with Crippen LogP contribution < -0.4 is 19.5 Å². The Morgan fingerprint density at radius 1 is 0.971 bits per heavy atom. The van der Waals surface area contributed by atoms with E-state index in [1.165, 1.54) is 0 Å². The molecule has 10 heteroatoms. The fourth-order valence-electron chi connectivity index (χ4n) is 3.69. The Bertz CT molecular complexity index is 1540. The molecule has 6 rings (SSSR count). The molecule has 0 radical (unpaired) electrons. The van der Waals surface area contributed by atoms with Crippen molar-refractivity contribution in [2.45, 2.75) is 0 Å². The van der Waals surface area contributed by atoms with Gasteiger partial charge in [-0.1, -0.05) is 12.1 Å². The molecule has 0 atom stereocenters. The van der Waals surface area contributed by atoms with E-state index in [9.17, 15) is 4.79 Å². The highest BCUT2D eigenvalue weighted by atomic mass is 16.7. The average Bonchev–Trinajstić information content (AvgIpc) is 3.54. The van der Waals surface area contributed by atoms with E-state index in [1.54, 1.807) is 41.2 Å². The molecule has 35 heavy (non-hydrogen) atoms. The molecule has 172 valence electrons. The van der Waals surface area contributed by atoms with Crippen molar-refractivity contribution in [2.24, 2.45) is 0 Å². The number of aromatic nitrogens is 5. The molecule has 10 nitrogen and oxygen atoms in total. The zero-order valence-electron chi connectivity index (χ0n) is 18.3. The van der Waals surface area contributed by atoms with Gasteiger partial charge in [-0.3, -0.25) is 9.78 Å². The maximum absolute atomic E-state index is 12.5. The number of fused-ring (bicyclic) bond motifs is 2. The molecular weight excluding hydrogens is 448 g/mol. The number of nitrogens with zero attached hydrogens (tertiary/aromatic N) is 5. The highest BCUT2D eigenvalue weighted by Crippen LogP contribution is 2.35. The van der Waals surface area contributed by atoms with Crippen molar-refractivity contribution in [3.8, 4) is 39.9 Å². The van der Waals surface area contributed by atoms with Crippen LogP contribution in [-0.2, 0) is 4.79 Å². The van der Waals surface area contributed by atoms with Crippen molar-refractivity contribution < 1.29 is 19.0 Å². The maximum atomic E-state index is 12.5. The molecule has 0 saturated heterocycles. The first kappa shape index (κ1) is 20.6. The van der Waals surface area contributed by atoms with Crippen molar-refractivity contribution >= 4 is 17.2 Å². The smallest absolute Gasteiger partial charge is 0.262 e. The average molecular weight is 466 g/mol. The lowest BCUT2D eigenvalue weighted by molar-refractivity contribution is -0.118. The minimum absolute atomic E-state index is 0.150. The molecule has 1 aliphatic heterocycles. The Labute approximate surface area is 199 Å². The zero-order chi connectivity index (χ0) is 23.6. The van der Waals surface area contributed by atoms with Crippen LogP contribution in [0.1, 0.15) is 0 Å². The van der Waals surface area contributed by atoms with E-state index in [0.29, 0.717) is 40.1 Å². The highest BCUT2D eigenvalue weighted by molar-refractivity contribution is 5.92. The molecule has 2 aromatic carbocycles. The summed E-state index contributed by atoms with van der Waals surface area (Å²) in [5, 5.41) is 16.0. The molecule has 1 aliphatic rings. The Kier molecular flexibility index (Phi) is 5.15. The first-order valence-corrected chi connectivity index (χ1v) is 10.8. The lowest BCUT2D eigenvalue weighted by atomic mass is 10.1. The Morgan fingerprint density at radius 2 is 1.89 bits per heavy atom. The molecule has 3 aromatic heterocycles. The second-order valence-corrected chi connectivity index (χ2v) is 7.69. The summed E-state index contributed by atoms with van der Waals surface area (Å²) in [6.07, 6.45) is 3.41. The fraction of sp³-hybridized carbons (Fsp3) is 0.0800. The first-order valence-electron chi connectivity index (χ1n) is 10.8. The van der Waals surface area contributed by atoms with Gasteiger partial charge in [0.25, 0.3) is 5.91 Å². The number of hydrogen-bond acceptors (Lipinski definition) is 8. The lowest BCUT2D eigenvalue weighted by Gasteiger charge is -2.09. The maximum Gasteiger partial charge on any atom is 0.262 e. The molecule has 0 aliphatic carbocycles. The fourth-order valence-corrected chi connectivity index (χ4v) is 3.69. The van der Waals surface area contributed by atoms with Gasteiger partial charge >= 0.3 is 0 Å². The monoisotopic (exact) mass is 466 g/mol. The summed E-state index contributed by atoms with van der Waals surface area (Å²) in [4.78, 5) is 16.6. The molecular formula is C25H18N6O4. The van der Waals surface area contributed by atoms with Crippen LogP contribution in [0.3, 0.4) is 0 Å². The first-order chi connectivity index (χ1) is 17.2. The minimum Gasteiger partial charge on any atom is -0.484 e. The van der Waals surface area contributed by atoms with E-state index in [4.69, 9.17) is 19.3 Å². The number of carbonyl (C=O) groups is 1. The van der Waals surface area contributed by atoms with Crippen molar-refractivity contribution in [3.63, 3.8) is 0 Å². The number of carbonyl (C=O) groups excluding carboxylic acids is 1. The summed E-state index contributed by atoms with van der Waals surface area (Å²) in [5.41, 5.74) is 3.59. The molecule has 1 N–H and O–H groups in total. The summed E-state index contributed by atoms with van der Waals surface area (Å²) in [7, 11) is 0. The summed E-state index contributed by atoms with van der Waals surface area (Å²) in [6, 6.07) is 20.0. The predicted octanol–water partition coefficient (Wildman–Crippen LogP) is 3.60. The van der Waals surface area contributed by atoms with Crippen LogP contribution in [0, 0.1) is 0 Å². The normalized spacial score (nSPS) is 12.0. The number of rotatable bonds is 6. The van der Waals surface area contributed by atoms with E-state index in [2.05, 4.69) is 20.5 Å². The number of nitrogens with one attached hydrogen (secondary N) is 1. The lowest BCUT2D eigenvalue weighted by Crippen LogP contribution is -2.20. The van der Waals surface area contributed by atoms with Gasteiger partial charge in [0, 0.05) is 35.3 Å². The Balaban J connectivity index is 1.18. The predicted molar refractivity (Wildman–Crippen MR) is 126 cm³/mol. The van der Waals surface area contributed by atoms with Gasteiger partial charge in [0.1, 0.15) is 5.75 Å². The molecule has 0 bridgehead atoms. The quantitative estimate of drug-likeness (QED) is 0.404. The van der Waals surface area contributed by atoms with E-state index < -0.39 is 0 Å². The molecule has 0 fully saturated rings. The zero-order valence-corrected chi connectivity index (χ0v) is 18.3. The molecule has 0 saturated carbocycles. The number of ether oxygens (including phenoxy) is 3. The summed E-state index contributed by atoms with van der Waals surface area (Å²) >= 11 is 0. The topological polar surface area (TPSA) is 113 Å². The van der Waals surface area contributed by atoms with Crippen LogP contribution in [0.25, 0.3) is 28.3 Å². The van der Waals surface area contributed by atoms with Gasteiger partial charge in [0.05, 0.1) is 5.69 Å². The van der Waals surface area contributed by atoms with Crippen LogP contribution >= 0.6 is 0 Å². The Morgan fingerprint density at radius 3 is 2.80 bits per heavy atom. The summed E-state index contributed by atoms with van der Waals surface area (Å²) in [5.74, 6) is 2.08. The SMILES string of the molecule is O=C(COc1ccc2c(c1)OCO2)Nc1cccc(-c2ccc3nnc(-c4cccnc4)n3n2)c1. The van der Waals surface area contributed by atoms with Crippen LogP contribution in [0.2, 0.25) is 0 Å². The standard InChI is InChI=1S/C25H18N6O4/c32-24(14-33-19-6-8-21-22(12-19)35-15-34-21)27-18-5-1-3-16(11-18)20-7-9-23-28-29-25(31(23)30-20)17-4-2-10-26-13-17/h1-13H,14-15H2,(H,27,32). The number of hydrogen-bond donors (Lipinski definition) is 1. The largest absolute Gasteiger partial charge is 0.484 e. The third kappa shape index (κ3) is 4.20. The highest BCUT2D eigenvalue weighted by Gasteiger charge is 2.15. The van der Waals surface area contributed by atoms with Crippen molar-refractivity contribution in [1.82, 2.24) is 24.8 Å². The third-order valence-electron chi connectivity index (χ3n) is 5.34. The second kappa shape index (κ2) is 8.75. The molecule has 0 unspecified atom stereocenters. The molecule has 1 amide bonds. The number of benzene rings is 2. The van der Waals surface area contributed by atoms with Crippen molar-refractivity contribution in [2.75, 3.05) is 18.7 Å². The van der Waals surface area contributed by atoms with E-state index in [1.807, 2.05) is 42.5 Å². The second-order valence-electron chi connectivity index (χ2n) is 7.69. The van der Waals surface area contributed by atoms with E-state index in [-0.39, 0.29) is 19.3 Å². The Hall–Kier alpha value is -4.99. The van der Waals surface area contributed by atoms with Gasteiger partial charge in [-0.2, -0.15) is 9.61 Å². The van der Waals surface area contributed by atoms with E-state index >= 15 is 0 Å². The van der Waals surface area contributed by atoms with Crippen molar-refractivity contribution in [1.29, 1.82) is 0 Å². The van der Waals surface area contributed by atoms with Gasteiger partial charge in [-0.15, -0.1) is 10.2 Å².